The van der Waals surface area contributed by atoms with Crippen molar-refractivity contribution in [2.45, 2.75) is 55.4 Å². The van der Waals surface area contributed by atoms with E-state index < -0.39 is 52.0 Å². The predicted octanol–water partition coefficient (Wildman–Crippen LogP) is 2.49. The van der Waals surface area contributed by atoms with Crippen LogP contribution in [-0.2, 0) is 43.8 Å². The molecule has 0 aliphatic heterocycles. The van der Waals surface area contributed by atoms with Crippen molar-refractivity contribution in [3.63, 3.8) is 0 Å². The predicted molar refractivity (Wildman–Crippen MR) is 181 cm³/mol. The third-order valence-electron chi connectivity index (χ3n) is 7.60. The Kier molecular flexibility index (Phi) is 12.8. The molecule has 0 heterocycles. The molecule has 12 heteroatoms. The summed E-state index contributed by atoms with van der Waals surface area (Å²) in [6, 6.07) is 29.3. The number of nitrogens with one attached hydrogen (secondary N) is 4. The molecule has 48 heavy (non-hydrogen) atoms. The lowest BCUT2D eigenvalue weighted by Gasteiger charge is -2.27. The first-order valence-corrected chi connectivity index (χ1v) is 16.9. The molecule has 0 fully saturated rings. The van der Waals surface area contributed by atoms with E-state index in [1.165, 1.54) is 26.2 Å². The zero-order valence-electron chi connectivity index (χ0n) is 26.7. The van der Waals surface area contributed by atoms with Gasteiger partial charge >= 0.3 is 0 Å². The minimum atomic E-state index is -4.03. The molecule has 3 amide bonds. The molecule has 4 rings (SSSR count). The van der Waals surface area contributed by atoms with Crippen molar-refractivity contribution < 1.29 is 32.6 Å². The van der Waals surface area contributed by atoms with Crippen LogP contribution >= 0.6 is 0 Å². The van der Waals surface area contributed by atoms with Gasteiger partial charge in [-0.25, -0.2) is 8.42 Å². The lowest BCUT2D eigenvalue weighted by molar-refractivity contribution is -0.134. The molecular weight excluding hydrogens is 632 g/mol. The van der Waals surface area contributed by atoms with Crippen LogP contribution in [0.4, 0.5) is 0 Å². The fourth-order valence-electron chi connectivity index (χ4n) is 4.92. The molecule has 4 aromatic carbocycles. The number of aliphatic hydroxyl groups excluding tert-OH is 1. The summed E-state index contributed by atoms with van der Waals surface area (Å²) in [5.41, 5.74) is 2.27. The first-order valence-electron chi connectivity index (χ1n) is 15.4. The van der Waals surface area contributed by atoms with Crippen LogP contribution in [0.2, 0.25) is 0 Å². The average Bonchev–Trinajstić information content (AvgIpc) is 3.11. The van der Waals surface area contributed by atoms with Gasteiger partial charge in [0.25, 0.3) is 5.91 Å². The van der Waals surface area contributed by atoms with E-state index in [0.29, 0.717) is 11.3 Å². The number of carbonyl (C=O) groups is 3. The number of hydrogen-bond acceptors (Lipinski definition) is 7. The molecule has 0 spiro atoms. The van der Waals surface area contributed by atoms with Crippen LogP contribution < -0.4 is 25.4 Å². The molecule has 0 aliphatic carbocycles. The van der Waals surface area contributed by atoms with Crippen LogP contribution in [0.1, 0.15) is 23.6 Å². The van der Waals surface area contributed by atoms with Crippen LogP contribution in [0, 0.1) is 0 Å². The van der Waals surface area contributed by atoms with E-state index in [1.807, 2.05) is 48.5 Å². The van der Waals surface area contributed by atoms with E-state index in [9.17, 15) is 27.9 Å². The van der Waals surface area contributed by atoms with Crippen LogP contribution in [0.15, 0.2) is 120 Å². The second-order valence-electron chi connectivity index (χ2n) is 11.2. The average molecular weight is 673 g/mol. The van der Waals surface area contributed by atoms with Gasteiger partial charge in [0.1, 0.15) is 11.8 Å². The number of amides is 3. The number of hydrogen-bond donors (Lipinski definition) is 5. The molecule has 1 unspecified atom stereocenters. The maximum absolute atomic E-state index is 13.9. The first-order chi connectivity index (χ1) is 23.1. The number of sulfonamides is 1. The summed E-state index contributed by atoms with van der Waals surface area (Å²) in [6.45, 7) is 1.55. The van der Waals surface area contributed by atoms with Gasteiger partial charge in [-0.3, -0.25) is 14.4 Å². The molecule has 5 N–H and O–H groups in total. The highest BCUT2D eigenvalue weighted by Crippen LogP contribution is 2.15. The molecule has 0 aromatic heterocycles. The highest BCUT2D eigenvalue weighted by atomic mass is 32.2. The van der Waals surface area contributed by atoms with Crippen molar-refractivity contribution >= 4 is 27.7 Å². The van der Waals surface area contributed by atoms with Crippen molar-refractivity contribution in [1.82, 2.24) is 20.7 Å². The molecule has 0 aliphatic rings. The van der Waals surface area contributed by atoms with Crippen LogP contribution in [0.3, 0.4) is 0 Å². The van der Waals surface area contributed by atoms with Crippen molar-refractivity contribution in [1.29, 1.82) is 0 Å². The zero-order chi connectivity index (χ0) is 34.5. The Morgan fingerprint density at radius 2 is 1.23 bits per heavy atom. The Labute approximate surface area is 280 Å². The van der Waals surface area contributed by atoms with Gasteiger partial charge in [0.05, 0.1) is 24.1 Å². The van der Waals surface area contributed by atoms with E-state index >= 15 is 0 Å². The maximum Gasteiger partial charge on any atom is 0.251 e. The Hall–Kier alpha value is -5.04. The number of carbonyl (C=O) groups excluding carboxylic acids is 3. The molecule has 0 radical (unpaired) electrons. The summed E-state index contributed by atoms with van der Waals surface area (Å²) in [5, 5.41) is 19.3. The molecule has 0 saturated heterocycles. The smallest absolute Gasteiger partial charge is 0.251 e. The molecule has 0 saturated carbocycles. The van der Waals surface area contributed by atoms with Crippen molar-refractivity contribution in [2.24, 2.45) is 0 Å². The number of aliphatic hydroxyl groups is 1. The van der Waals surface area contributed by atoms with Crippen molar-refractivity contribution in [3.8, 4) is 5.75 Å². The van der Waals surface area contributed by atoms with E-state index in [4.69, 9.17) is 4.74 Å². The fourth-order valence-corrected chi connectivity index (χ4v) is 6.15. The summed E-state index contributed by atoms with van der Waals surface area (Å²) >= 11 is 0. The minimum absolute atomic E-state index is 0.0135. The summed E-state index contributed by atoms with van der Waals surface area (Å²) < 4.78 is 33.3. The Morgan fingerprint density at radius 1 is 0.688 bits per heavy atom. The van der Waals surface area contributed by atoms with Gasteiger partial charge < -0.3 is 25.8 Å². The molecule has 0 bridgehead atoms. The third-order valence-corrected chi connectivity index (χ3v) is 9.15. The molecule has 4 atom stereocenters. The first kappa shape index (κ1) is 35.8. The molecule has 11 nitrogen and oxygen atoms in total. The molecule has 4 aromatic rings. The van der Waals surface area contributed by atoms with Gasteiger partial charge in [-0.15, -0.1) is 0 Å². The highest BCUT2D eigenvalue weighted by molar-refractivity contribution is 7.89. The molecular formula is C36H40N4O7S. The summed E-state index contributed by atoms with van der Waals surface area (Å²) in [7, 11) is -2.50. The summed E-state index contributed by atoms with van der Waals surface area (Å²) in [5.74, 6) is -1.50. The topological polar surface area (TPSA) is 163 Å². The van der Waals surface area contributed by atoms with Gasteiger partial charge in [-0.2, -0.15) is 4.72 Å². The summed E-state index contributed by atoms with van der Waals surface area (Å²) in [6.07, 6.45) is -1.50. The zero-order valence-corrected chi connectivity index (χ0v) is 27.5. The second-order valence-corrected chi connectivity index (χ2v) is 12.9. The second kappa shape index (κ2) is 17.2. The summed E-state index contributed by atoms with van der Waals surface area (Å²) in [4.78, 5) is 40.4. The van der Waals surface area contributed by atoms with Gasteiger partial charge in [0.15, 0.2) is 6.10 Å². The Morgan fingerprint density at radius 3 is 1.81 bits per heavy atom. The normalized spacial score (nSPS) is 13.7. The minimum Gasteiger partial charge on any atom is -0.497 e. The van der Waals surface area contributed by atoms with Crippen LogP contribution in [0.25, 0.3) is 0 Å². The number of ether oxygens (including phenoxy) is 1. The van der Waals surface area contributed by atoms with Gasteiger partial charge in [0, 0.05) is 13.0 Å². The lowest BCUT2D eigenvalue weighted by Crippen LogP contribution is -2.58. The van der Waals surface area contributed by atoms with Gasteiger partial charge in [-0.05, 0) is 54.3 Å². The third kappa shape index (κ3) is 10.5. The standard InChI is InChI=1S/C36H40N4O7S/c1-25(40-48(45,46)30-16-10-5-11-17-30)34(42)39-32(23-27-18-20-29(47-2)21-19-27)35(43)38-31(22-26-12-6-3-7-13-26)33(41)36(44)37-24-28-14-8-4-9-15-28/h3-21,25,31-33,40-41H,22-24H2,1-2H3,(H,37,44)(H,38,43)(H,39,42)/t25-,31?,32-,33-/m0/s1. The van der Waals surface area contributed by atoms with Crippen molar-refractivity contribution in [2.75, 3.05) is 7.11 Å². The Bertz CT molecular complexity index is 1740. The van der Waals surface area contributed by atoms with E-state index in [0.717, 1.165) is 11.1 Å². The molecule has 252 valence electrons. The quantitative estimate of drug-likeness (QED) is 0.122. The number of benzene rings is 4. The van der Waals surface area contributed by atoms with Crippen LogP contribution in [-0.4, -0.2) is 62.6 Å². The lowest BCUT2D eigenvalue weighted by atomic mass is 9.98. The van der Waals surface area contributed by atoms with E-state index in [2.05, 4.69) is 20.7 Å². The monoisotopic (exact) mass is 672 g/mol. The largest absolute Gasteiger partial charge is 0.497 e. The number of methoxy groups -OCH3 is 1. The van der Waals surface area contributed by atoms with Gasteiger partial charge in [0.2, 0.25) is 21.8 Å². The Balaban J connectivity index is 1.54. The highest BCUT2D eigenvalue weighted by Gasteiger charge is 2.32. The fraction of sp³-hybridized carbons (Fsp3) is 0.250. The number of rotatable bonds is 16. The van der Waals surface area contributed by atoms with E-state index in [1.54, 1.807) is 54.6 Å². The van der Waals surface area contributed by atoms with Gasteiger partial charge in [-0.1, -0.05) is 91.0 Å². The maximum atomic E-state index is 13.9. The van der Waals surface area contributed by atoms with E-state index in [-0.39, 0.29) is 24.3 Å². The SMILES string of the molecule is COc1ccc(C[C@H](NC(=O)[C@H](C)NS(=O)(=O)c2ccccc2)C(=O)NC(Cc2ccccc2)[C@H](O)C(=O)NCc2ccccc2)cc1. The van der Waals surface area contributed by atoms with Crippen molar-refractivity contribution in [3.05, 3.63) is 132 Å². The van der Waals surface area contributed by atoms with Crippen LogP contribution in [0.5, 0.6) is 5.75 Å².